The second-order valence-corrected chi connectivity index (χ2v) is 8.45. The number of aromatic nitrogens is 4. The molecule has 0 saturated carbocycles. The van der Waals surface area contributed by atoms with Crippen LogP contribution in [0.2, 0.25) is 0 Å². The van der Waals surface area contributed by atoms with E-state index in [1.807, 2.05) is 22.1 Å². The predicted molar refractivity (Wildman–Crippen MR) is 131 cm³/mol. The molecule has 4 rings (SSSR count). The minimum absolute atomic E-state index is 0.135. The Morgan fingerprint density at radius 2 is 1.94 bits per heavy atom. The summed E-state index contributed by atoms with van der Waals surface area (Å²) in [6, 6.07) is 6.79. The van der Waals surface area contributed by atoms with Crippen LogP contribution in [0.15, 0.2) is 42.3 Å². The molecule has 3 N–H and O–H groups in total. The molecular weight excluding hydrogens is 472 g/mol. The van der Waals surface area contributed by atoms with E-state index >= 15 is 0 Å². The lowest BCUT2D eigenvalue weighted by Gasteiger charge is -2.15. The number of methoxy groups -OCH3 is 2. The number of imidazole rings is 1. The number of rotatable bonds is 10. The third-order valence-corrected chi connectivity index (χ3v) is 6.02. The number of nitrogens with one attached hydrogen (secondary N) is 1. The van der Waals surface area contributed by atoms with Crippen LogP contribution in [0.5, 0.6) is 11.5 Å². The van der Waals surface area contributed by atoms with Crippen LogP contribution in [0.4, 0.5) is 11.5 Å². The van der Waals surface area contributed by atoms with Crippen molar-refractivity contribution in [2.24, 2.45) is 0 Å². The number of nitrogens with two attached hydrogens (primary N) is 1. The molecule has 0 bridgehead atoms. The van der Waals surface area contributed by atoms with E-state index in [1.54, 1.807) is 12.4 Å². The van der Waals surface area contributed by atoms with Gasteiger partial charge in [-0.15, -0.1) is 11.3 Å². The Morgan fingerprint density at radius 3 is 2.69 bits per heavy atom. The Labute approximate surface area is 204 Å². The maximum absolute atomic E-state index is 12.9. The molecule has 1 amide bonds. The van der Waals surface area contributed by atoms with Crippen molar-refractivity contribution in [2.45, 2.75) is 19.4 Å². The summed E-state index contributed by atoms with van der Waals surface area (Å²) in [4.78, 5) is 38.8. The fourth-order valence-corrected chi connectivity index (χ4v) is 4.16. The number of ether oxygens (including phenoxy) is 3. The molecule has 0 spiro atoms. The summed E-state index contributed by atoms with van der Waals surface area (Å²) < 4.78 is 18.0. The largest absolute Gasteiger partial charge is 0.493 e. The lowest BCUT2D eigenvalue weighted by Crippen LogP contribution is -2.18. The minimum atomic E-state index is -0.598. The number of anilines is 2. The summed E-state index contributed by atoms with van der Waals surface area (Å²) in [7, 11) is 2.94. The monoisotopic (exact) mass is 496 g/mol. The molecule has 3 aromatic heterocycles. The third kappa shape index (κ3) is 5.49. The number of carbonyl (C=O) groups excluding carboxylic acids is 2. The summed E-state index contributed by atoms with van der Waals surface area (Å²) >= 11 is 1.48. The molecule has 0 fully saturated rings. The zero-order valence-corrected chi connectivity index (χ0v) is 20.0. The number of nitrogen functional groups attached to an aromatic ring is 1. The second kappa shape index (κ2) is 10.8. The van der Waals surface area contributed by atoms with Gasteiger partial charge < -0.3 is 29.8 Å². The Balaban J connectivity index is 1.44. The highest BCUT2D eigenvalue weighted by atomic mass is 32.1. The van der Waals surface area contributed by atoms with Crippen LogP contribution in [-0.2, 0) is 22.5 Å². The van der Waals surface area contributed by atoms with Crippen LogP contribution in [0.3, 0.4) is 0 Å². The average Bonchev–Trinajstić information content (AvgIpc) is 3.52. The van der Waals surface area contributed by atoms with Crippen LogP contribution in [0.1, 0.15) is 21.7 Å². The molecule has 1 aromatic carbocycles. The van der Waals surface area contributed by atoms with Crippen LogP contribution < -0.4 is 20.5 Å². The second-order valence-electron chi connectivity index (χ2n) is 7.42. The Kier molecular flexibility index (Phi) is 7.41. The molecule has 0 aliphatic carbocycles. The average molecular weight is 497 g/mol. The number of carbonyl (C=O) groups is 2. The first-order valence-electron chi connectivity index (χ1n) is 10.7. The Bertz CT molecular complexity index is 1340. The summed E-state index contributed by atoms with van der Waals surface area (Å²) in [5.74, 6) is 0.172. The van der Waals surface area contributed by atoms with Crippen molar-refractivity contribution >= 4 is 45.9 Å². The molecule has 4 aromatic rings. The number of esters is 1. The van der Waals surface area contributed by atoms with Gasteiger partial charge in [-0.3, -0.25) is 4.79 Å². The molecule has 0 aliphatic heterocycles. The lowest BCUT2D eigenvalue weighted by molar-refractivity contribution is -0.115. The molecule has 0 atom stereocenters. The van der Waals surface area contributed by atoms with Crippen LogP contribution in [0.25, 0.3) is 11.2 Å². The van der Waals surface area contributed by atoms with E-state index in [0.717, 1.165) is 4.88 Å². The van der Waals surface area contributed by atoms with Crippen molar-refractivity contribution < 1.29 is 23.8 Å². The Morgan fingerprint density at radius 1 is 1.14 bits per heavy atom. The summed E-state index contributed by atoms with van der Waals surface area (Å²) in [5.41, 5.74) is 7.39. The SMILES string of the molecule is COc1cc(NC(=O)Cc2cccs2)c(C(=O)OCCCn2cnc3c(N)ncnc32)cc1OC. The fourth-order valence-electron chi connectivity index (χ4n) is 3.46. The quantitative estimate of drug-likeness (QED) is 0.250. The van der Waals surface area contributed by atoms with Gasteiger partial charge in [0.15, 0.2) is 23.0 Å². The van der Waals surface area contributed by atoms with E-state index < -0.39 is 5.97 Å². The molecule has 3 heterocycles. The van der Waals surface area contributed by atoms with Gasteiger partial charge in [0.05, 0.1) is 44.8 Å². The predicted octanol–water partition coefficient (Wildman–Crippen LogP) is 2.92. The van der Waals surface area contributed by atoms with Gasteiger partial charge in [0.2, 0.25) is 5.91 Å². The first kappa shape index (κ1) is 24.0. The number of benzene rings is 1. The molecule has 0 unspecified atom stereocenters. The van der Waals surface area contributed by atoms with E-state index in [-0.39, 0.29) is 30.2 Å². The topological polar surface area (TPSA) is 143 Å². The van der Waals surface area contributed by atoms with E-state index in [0.29, 0.717) is 41.4 Å². The van der Waals surface area contributed by atoms with Crippen molar-refractivity contribution in [2.75, 3.05) is 31.9 Å². The van der Waals surface area contributed by atoms with Gasteiger partial charge in [0.1, 0.15) is 11.8 Å². The van der Waals surface area contributed by atoms with Crippen molar-refractivity contribution in [3.63, 3.8) is 0 Å². The normalized spacial score (nSPS) is 10.8. The summed E-state index contributed by atoms with van der Waals surface area (Å²) in [6.45, 7) is 0.645. The maximum Gasteiger partial charge on any atom is 0.340 e. The Hall–Kier alpha value is -4.19. The number of hydrogen-bond donors (Lipinski definition) is 2. The van der Waals surface area contributed by atoms with Crippen LogP contribution in [-0.4, -0.2) is 52.2 Å². The van der Waals surface area contributed by atoms with E-state index in [4.69, 9.17) is 19.9 Å². The first-order chi connectivity index (χ1) is 17.0. The van der Waals surface area contributed by atoms with Gasteiger partial charge in [0.25, 0.3) is 0 Å². The number of amides is 1. The van der Waals surface area contributed by atoms with E-state index in [9.17, 15) is 9.59 Å². The number of thiophene rings is 1. The zero-order valence-electron chi connectivity index (χ0n) is 19.2. The fraction of sp³-hybridized carbons (Fsp3) is 0.261. The van der Waals surface area contributed by atoms with Crippen molar-refractivity contribution in [1.82, 2.24) is 19.5 Å². The number of hydrogen-bond acceptors (Lipinski definition) is 10. The lowest BCUT2D eigenvalue weighted by atomic mass is 10.1. The molecule has 12 heteroatoms. The first-order valence-corrected chi connectivity index (χ1v) is 11.5. The zero-order chi connectivity index (χ0) is 24.8. The van der Waals surface area contributed by atoms with Gasteiger partial charge in [-0.1, -0.05) is 6.07 Å². The van der Waals surface area contributed by atoms with E-state index in [1.165, 1.54) is 38.0 Å². The highest BCUT2D eigenvalue weighted by Gasteiger charge is 2.20. The number of aryl methyl sites for hydroxylation is 1. The standard InChI is InChI=1S/C23H24N6O5S/c1-32-17-10-15(16(11-18(17)33-2)28-19(30)9-14-5-3-8-35-14)23(31)34-7-4-6-29-13-27-20-21(24)25-12-26-22(20)29/h3,5,8,10-13H,4,6-7,9H2,1-2H3,(H,28,30)(H2,24,25,26). The van der Waals surface area contributed by atoms with Gasteiger partial charge in [0, 0.05) is 23.6 Å². The van der Waals surface area contributed by atoms with Crippen LogP contribution in [0, 0.1) is 0 Å². The maximum atomic E-state index is 12.9. The number of nitrogens with zero attached hydrogens (tertiary/aromatic N) is 4. The smallest absolute Gasteiger partial charge is 0.340 e. The molecule has 35 heavy (non-hydrogen) atoms. The van der Waals surface area contributed by atoms with E-state index in [2.05, 4.69) is 20.3 Å². The molecular formula is C23H24N6O5S. The highest BCUT2D eigenvalue weighted by molar-refractivity contribution is 7.10. The number of fused-ring (bicyclic) bond motifs is 1. The summed E-state index contributed by atoms with van der Waals surface area (Å²) in [5, 5.41) is 4.69. The van der Waals surface area contributed by atoms with Gasteiger partial charge in [-0.25, -0.2) is 19.7 Å². The van der Waals surface area contributed by atoms with Crippen molar-refractivity contribution in [3.05, 3.63) is 52.7 Å². The van der Waals surface area contributed by atoms with Gasteiger partial charge in [-0.2, -0.15) is 0 Å². The molecule has 0 radical (unpaired) electrons. The van der Waals surface area contributed by atoms with Gasteiger partial charge >= 0.3 is 5.97 Å². The van der Waals surface area contributed by atoms with Gasteiger partial charge in [-0.05, 0) is 17.9 Å². The molecule has 11 nitrogen and oxygen atoms in total. The minimum Gasteiger partial charge on any atom is -0.493 e. The van der Waals surface area contributed by atoms with Crippen LogP contribution >= 0.6 is 11.3 Å². The van der Waals surface area contributed by atoms with Crippen molar-refractivity contribution in [3.8, 4) is 11.5 Å². The summed E-state index contributed by atoms with van der Waals surface area (Å²) in [6.07, 6.45) is 3.69. The molecule has 0 aliphatic rings. The molecule has 0 saturated heterocycles. The highest BCUT2D eigenvalue weighted by Crippen LogP contribution is 2.34. The third-order valence-electron chi connectivity index (χ3n) is 5.14. The van der Waals surface area contributed by atoms with Crippen molar-refractivity contribution in [1.29, 1.82) is 0 Å². The molecule has 182 valence electrons.